The third-order valence-electron chi connectivity index (χ3n) is 2.74. The summed E-state index contributed by atoms with van der Waals surface area (Å²) in [5.74, 6) is 0. The van der Waals surface area contributed by atoms with Gasteiger partial charge in [-0.2, -0.15) is 5.10 Å². The van der Waals surface area contributed by atoms with Crippen LogP contribution in [0.15, 0.2) is 30.7 Å². The second-order valence-electron chi connectivity index (χ2n) is 4.12. The van der Waals surface area contributed by atoms with Gasteiger partial charge in [-0.05, 0) is 19.9 Å². The summed E-state index contributed by atoms with van der Waals surface area (Å²) in [4.78, 5) is 9.99. The zero-order valence-corrected chi connectivity index (χ0v) is 11.0. The number of aryl methyl sites for hydroxylation is 2. The van der Waals surface area contributed by atoms with E-state index < -0.39 is 0 Å². The Morgan fingerprint density at radius 2 is 1.94 bits per heavy atom. The van der Waals surface area contributed by atoms with Crippen LogP contribution in [0.25, 0.3) is 21.8 Å². The maximum Gasteiger partial charge on any atom is 0.142 e. The first-order valence-electron chi connectivity index (χ1n) is 5.63. The van der Waals surface area contributed by atoms with E-state index in [-0.39, 0.29) is 0 Å². The van der Waals surface area contributed by atoms with Crippen LogP contribution in [0.2, 0.25) is 0 Å². The van der Waals surface area contributed by atoms with Gasteiger partial charge in [-0.15, -0.1) is 11.3 Å². The largest absolute Gasteiger partial charge is 0.282 e. The minimum atomic E-state index is 0.915. The summed E-state index contributed by atoms with van der Waals surface area (Å²) < 4.78 is 0. The van der Waals surface area contributed by atoms with E-state index >= 15 is 0 Å². The molecule has 3 aromatic heterocycles. The Hall–Kier alpha value is -2.01. The predicted octanol–water partition coefficient (Wildman–Crippen LogP) is 3.21. The summed E-state index contributed by atoms with van der Waals surface area (Å²) >= 11 is 1.66. The third-order valence-corrected chi connectivity index (χ3v) is 3.68. The van der Waals surface area contributed by atoms with Crippen LogP contribution in [0.1, 0.15) is 10.6 Å². The lowest BCUT2D eigenvalue weighted by Crippen LogP contribution is -1.84. The maximum atomic E-state index is 4.47. The SMILES string of the molecule is Cc1cnc(-c2ccc(-c3cn[nH]c3C)cn2)s1. The van der Waals surface area contributed by atoms with Crippen LogP contribution in [0.4, 0.5) is 0 Å². The highest BCUT2D eigenvalue weighted by Gasteiger charge is 2.07. The second kappa shape index (κ2) is 4.34. The van der Waals surface area contributed by atoms with Crippen LogP contribution in [0.3, 0.4) is 0 Å². The molecule has 0 amide bonds. The summed E-state index contributed by atoms with van der Waals surface area (Å²) in [7, 11) is 0. The van der Waals surface area contributed by atoms with E-state index in [0.29, 0.717) is 0 Å². The van der Waals surface area contributed by atoms with E-state index in [1.165, 1.54) is 4.88 Å². The molecule has 0 bridgehead atoms. The average Bonchev–Trinajstić information content (AvgIpc) is 2.98. The molecule has 0 saturated carbocycles. The minimum absolute atomic E-state index is 0.915. The van der Waals surface area contributed by atoms with E-state index in [1.54, 1.807) is 11.3 Å². The van der Waals surface area contributed by atoms with E-state index in [1.807, 2.05) is 38.5 Å². The Kier molecular flexibility index (Phi) is 2.68. The molecule has 4 nitrogen and oxygen atoms in total. The molecule has 18 heavy (non-hydrogen) atoms. The average molecular weight is 256 g/mol. The first kappa shape index (κ1) is 11.1. The van der Waals surface area contributed by atoms with Crippen molar-refractivity contribution in [1.82, 2.24) is 20.2 Å². The zero-order chi connectivity index (χ0) is 12.5. The van der Waals surface area contributed by atoms with Gasteiger partial charge in [0.2, 0.25) is 0 Å². The van der Waals surface area contributed by atoms with Crippen LogP contribution in [-0.4, -0.2) is 20.2 Å². The first-order chi connectivity index (χ1) is 8.74. The highest BCUT2D eigenvalue weighted by Crippen LogP contribution is 2.26. The zero-order valence-electron chi connectivity index (χ0n) is 10.1. The van der Waals surface area contributed by atoms with Gasteiger partial charge in [-0.25, -0.2) is 4.98 Å². The smallest absolute Gasteiger partial charge is 0.142 e. The number of hydrogen-bond acceptors (Lipinski definition) is 4. The Morgan fingerprint density at radius 1 is 1.06 bits per heavy atom. The van der Waals surface area contributed by atoms with Gasteiger partial charge in [0.25, 0.3) is 0 Å². The van der Waals surface area contributed by atoms with Gasteiger partial charge < -0.3 is 0 Å². The van der Waals surface area contributed by atoms with Crippen molar-refractivity contribution in [2.24, 2.45) is 0 Å². The summed E-state index contributed by atoms with van der Waals surface area (Å²) in [6.07, 6.45) is 5.55. The van der Waals surface area contributed by atoms with Gasteiger partial charge >= 0.3 is 0 Å². The topological polar surface area (TPSA) is 54.5 Å². The monoisotopic (exact) mass is 256 g/mol. The van der Waals surface area contributed by atoms with E-state index in [4.69, 9.17) is 0 Å². The molecule has 0 radical (unpaired) electrons. The standard InChI is InChI=1S/C13H12N4S/c1-8-5-15-13(18-8)12-4-3-10(6-14-12)11-7-16-17-9(11)2/h3-7H,1-2H3,(H,16,17). The van der Waals surface area contributed by atoms with Crippen LogP contribution in [0.5, 0.6) is 0 Å². The third kappa shape index (κ3) is 1.93. The number of H-pyrrole nitrogens is 1. The predicted molar refractivity (Wildman–Crippen MR) is 72.4 cm³/mol. The lowest BCUT2D eigenvalue weighted by atomic mass is 10.1. The fraction of sp³-hybridized carbons (Fsp3) is 0.154. The highest BCUT2D eigenvalue weighted by molar-refractivity contribution is 7.14. The molecule has 0 atom stereocenters. The van der Waals surface area contributed by atoms with Crippen LogP contribution >= 0.6 is 11.3 Å². The van der Waals surface area contributed by atoms with E-state index in [0.717, 1.165) is 27.5 Å². The number of thiazole rings is 1. The second-order valence-corrected chi connectivity index (χ2v) is 5.35. The molecule has 0 fully saturated rings. The Morgan fingerprint density at radius 3 is 2.50 bits per heavy atom. The lowest BCUT2D eigenvalue weighted by Gasteiger charge is -2.00. The fourth-order valence-electron chi connectivity index (χ4n) is 1.79. The number of rotatable bonds is 2. The molecule has 3 heterocycles. The van der Waals surface area contributed by atoms with Crippen molar-refractivity contribution in [3.05, 3.63) is 41.3 Å². The van der Waals surface area contributed by atoms with Crippen molar-refractivity contribution in [2.75, 3.05) is 0 Å². The molecule has 3 aromatic rings. The first-order valence-corrected chi connectivity index (χ1v) is 6.45. The van der Waals surface area contributed by atoms with Crippen molar-refractivity contribution >= 4 is 11.3 Å². The van der Waals surface area contributed by atoms with Gasteiger partial charge in [0.1, 0.15) is 5.01 Å². The summed E-state index contributed by atoms with van der Waals surface area (Å²) in [5.41, 5.74) is 4.12. The van der Waals surface area contributed by atoms with Crippen molar-refractivity contribution in [2.45, 2.75) is 13.8 Å². The molecular formula is C13H12N4S. The Bertz CT molecular complexity index is 666. The van der Waals surface area contributed by atoms with Gasteiger partial charge in [0, 0.05) is 34.1 Å². The number of nitrogens with zero attached hydrogens (tertiary/aromatic N) is 3. The molecule has 0 aliphatic carbocycles. The molecule has 5 heteroatoms. The van der Waals surface area contributed by atoms with Gasteiger partial charge in [0.15, 0.2) is 0 Å². The van der Waals surface area contributed by atoms with Gasteiger partial charge in [-0.3, -0.25) is 10.1 Å². The molecular weight excluding hydrogens is 244 g/mol. The summed E-state index contributed by atoms with van der Waals surface area (Å²) in [6.45, 7) is 4.05. The highest BCUT2D eigenvalue weighted by atomic mass is 32.1. The molecule has 0 aromatic carbocycles. The fourth-order valence-corrected chi connectivity index (χ4v) is 2.54. The Balaban J connectivity index is 1.97. The molecule has 0 saturated heterocycles. The molecule has 0 spiro atoms. The number of aromatic amines is 1. The van der Waals surface area contributed by atoms with E-state index in [2.05, 4.69) is 26.2 Å². The number of hydrogen-bond donors (Lipinski definition) is 1. The normalized spacial score (nSPS) is 10.8. The van der Waals surface area contributed by atoms with Crippen molar-refractivity contribution in [1.29, 1.82) is 0 Å². The van der Waals surface area contributed by atoms with Crippen LogP contribution in [0, 0.1) is 13.8 Å². The molecule has 1 N–H and O–H groups in total. The van der Waals surface area contributed by atoms with Gasteiger partial charge in [0.05, 0.1) is 11.9 Å². The lowest BCUT2D eigenvalue weighted by molar-refractivity contribution is 1.05. The van der Waals surface area contributed by atoms with Crippen LogP contribution < -0.4 is 0 Å². The molecule has 3 rings (SSSR count). The number of nitrogens with one attached hydrogen (secondary N) is 1. The molecule has 90 valence electrons. The maximum absolute atomic E-state index is 4.47. The van der Waals surface area contributed by atoms with Gasteiger partial charge in [-0.1, -0.05) is 6.07 Å². The summed E-state index contributed by atoms with van der Waals surface area (Å²) in [5, 5.41) is 7.91. The van der Waals surface area contributed by atoms with Crippen LogP contribution in [-0.2, 0) is 0 Å². The van der Waals surface area contributed by atoms with E-state index in [9.17, 15) is 0 Å². The van der Waals surface area contributed by atoms with Crippen molar-refractivity contribution in [3.63, 3.8) is 0 Å². The molecule has 0 aliphatic heterocycles. The Labute approximate surface area is 109 Å². The van der Waals surface area contributed by atoms with Crippen molar-refractivity contribution in [3.8, 4) is 21.8 Å². The number of pyridine rings is 1. The summed E-state index contributed by atoms with van der Waals surface area (Å²) in [6, 6.07) is 4.05. The van der Waals surface area contributed by atoms with Crippen molar-refractivity contribution < 1.29 is 0 Å². The quantitative estimate of drug-likeness (QED) is 0.766. The number of aromatic nitrogens is 4. The molecule has 0 unspecified atom stereocenters. The molecule has 0 aliphatic rings. The minimum Gasteiger partial charge on any atom is -0.282 e.